The maximum absolute atomic E-state index is 12.9. The quantitative estimate of drug-likeness (QED) is 0.822. The average Bonchev–Trinajstić information content (AvgIpc) is 2.63. The monoisotopic (exact) mass is 360 g/mol. The summed E-state index contributed by atoms with van der Waals surface area (Å²) in [5.41, 5.74) is 1.06. The first-order valence-corrected chi connectivity index (χ1v) is 9.82. The standard InChI is InChI=1S/C19H24N2O3S/c1-4-15(3)20-19(22)16-11-13-18(14-12-16)25(23,24)21(5-2)17-9-7-6-8-10-17/h6-15H,4-5H2,1-3H3,(H,20,22)/t15-/m0/s1. The zero-order valence-corrected chi connectivity index (χ0v) is 15.6. The molecule has 0 aliphatic heterocycles. The summed E-state index contributed by atoms with van der Waals surface area (Å²) in [4.78, 5) is 12.3. The van der Waals surface area contributed by atoms with Gasteiger partial charge in [-0.2, -0.15) is 0 Å². The second kappa shape index (κ2) is 8.16. The molecule has 6 heteroatoms. The fourth-order valence-corrected chi connectivity index (χ4v) is 3.87. The number of nitrogens with zero attached hydrogens (tertiary/aromatic N) is 1. The SMILES string of the molecule is CC[C@H](C)NC(=O)c1ccc(S(=O)(=O)N(CC)c2ccccc2)cc1. The van der Waals surface area contributed by atoms with Crippen molar-refractivity contribution >= 4 is 21.6 Å². The molecule has 0 unspecified atom stereocenters. The molecule has 0 fully saturated rings. The number of hydrogen-bond donors (Lipinski definition) is 1. The number of anilines is 1. The predicted octanol–water partition coefficient (Wildman–Crippen LogP) is 3.43. The summed E-state index contributed by atoms with van der Waals surface area (Å²) in [5, 5.41) is 2.87. The Kier molecular flexibility index (Phi) is 6.20. The molecule has 1 amide bonds. The van der Waals surface area contributed by atoms with Gasteiger partial charge >= 0.3 is 0 Å². The Hall–Kier alpha value is -2.34. The number of amides is 1. The lowest BCUT2D eigenvalue weighted by Crippen LogP contribution is -2.32. The Morgan fingerprint density at radius 1 is 1.04 bits per heavy atom. The van der Waals surface area contributed by atoms with Crippen LogP contribution in [0.2, 0.25) is 0 Å². The molecule has 0 heterocycles. The van der Waals surface area contributed by atoms with Gasteiger partial charge in [0.1, 0.15) is 0 Å². The van der Waals surface area contributed by atoms with Crippen LogP contribution in [-0.4, -0.2) is 26.9 Å². The summed E-state index contributed by atoms with van der Waals surface area (Å²) < 4.78 is 27.1. The Morgan fingerprint density at radius 2 is 1.64 bits per heavy atom. The van der Waals surface area contributed by atoms with Crippen LogP contribution in [0.15, 0.2) is 59.5 Å². The number of carbonyl (C=O) groups is 1. The molecule has 0 aliphatic rings. The van der Waals surface area contributed by atoms with E-state index in [-0.39, 0.29) is 16.8 Å². The minimum Gasteiger partial charge on any atom is -0.350 e. The molecule has 1 N–H and O–H groups in total. The Balaban J connectivity index is 2.27. The highest BCUT2D eigenvalue weighted by Crippen LogP contribution is 2.23. The highest BCUT2D eigenvalue weighted by molar-refractivity contribution is 7.92. The van der Waals surface area contributed by atoms with Crippen molar-refractivity contribution in [3.05, 3.63) is 60.2 Å². The van der Waals surface area contributed by atoms with E-state index >= 15 is 0 Å². The maximum Gasteiger partial charge on any atom is 0.264 e. The molecule has 0 aromatic heterocycles. The van der Waals surface area contributed by atoms with Gasteiger partial charge in [-0.15, -0.1) is 0 Å². The summed E-state index contributed by atoms with van der Waals surface area (Å²) in [7, 11) is -3.67. The Labute approximate surface area is 149 Å². The number of rotatable bonds is 7. The van der Waals surface area contributed by atoms with Crippen LogP contribution >= 0.6 is 0 Å². The third-order valence-electron chi connectivity index (χ3n) is 4.03. The van der Waals surface area contributed by atoms with E-state index in [2.05, 4.69) is 5.32 Å². The van der Waals surface area contributed by atoms with Crippen molar-refractivity contribution in [1.82, 2.24) is 5.32 Å². The van der Waals surface area contributed by atoms with Gasteiger partial charge in [0, 0.05) is 18.2 Å². The number of hydrogen-bond acceptors (Lipinski definition) is 3. The third kappa shape index (κ3) is 4.39. The number of para-hydroxylation sites is 1. The zero-order chi connectivity index (χ0) is 18.4. The molecule has 5 nitrogen and oxygen atoms in total. The maximum atomic E-state index is 12.9. The van der Waals surface area contributed by atoms with E-state index in [1.807, 2.05) is 19.9 Å². The zero-order valence-electron chi connectivity index (χ0n) is 14.8. The van der Waals surface area contributed by atoms with E-state index in [0.29, 0.717) is 17.8 Å². The molecular weight excluding hydrogens is 336 g/mol. The predicted molar refractivity (Wildman–Crippen MR) is 100 cm³/mol. The van der Waals surface area contributed by atoms with E-state index in [1.165, 1.54) is 16.4 Å². The van der Waals surface area contributed by atoms with E-state index in [9.17, 15) is 13.2 Å². The van der Waals surface area contributed by atoms with Gasteiger partial charge in [-0.1, -0.05) is 25.1 Å². The van der Waals surface area contributed by atoms with Crippen molar-refractivity contribution < 1.29 is 13.2 Å². The van der Waals surface area contributed by atoms with Crippen molar-refractivity contribution in [2.45, 2.75) is 38.1 Å². The molecule has 1 atom stereocenters. The summed E-state index contributed by atoms with van der Waals surface area (Å²) >= 11 is 0. The Bertz CT molecular complexity index is 802. The minimum atomic E-state index is -3.67. The van der Waals surface area contributed by atoms with Gasteiger partial charge in [0.15, 0.2) is 0 Å². The summed E-state index contributed by atoms with van der Waals surface area (Å²) in [6.45, 7) is 6.03. The van der Waals surface area contributed by atoms with Gasteiger partial charge in [0.2, 0.25) is 0 Å². The lowest BCUT2D eigenvalue weighted by Gasteiger charge is -2.23. The topological polar surface area (TPSA) is 66.5 Å². The van der Waals surface area contributed by atoms with E-state index in [4.69, 9.17) is 0 Å². The molecular formula is C19H24N2O3S. The van der Waals surface area contributed by atoms with Crippen molar-refractivity contribution in [2.75, 3.05) is 10.8 Å². The van der Waals surface area contributed by atoms with Crippen LogP contribution in [0, 0.1) is 0 Å². The van der Waals surface area contributed by atoms with E-state index < -0.39 is 10.0 Å². The lowest BCUT2D eigenvalue weighted by atomic mass is 10.2. The van der Waals surface area contributed by atoms with Crippen LogP contribution in [-0.2, 0) is 10.0 Å². The molecule has 0 saturated heterocycles. The molecule has 0 aliphatic carbocycles. The highest BCUT2D eigenvalue weighted by atomic mass is 32.2. The van der Waals surface area contributed by atoms with Crippen molar-refractivity contribution in [2.24, 2.45) is 0 Å². The summed E-state index contributed by atoms with van der Waals surface area (Å²) in [6, 6.07) is 15.1. The van der Waals surface area contributed by atoms with Crippen molar-refractivity contribution in [3.63, 3.8) is 0 Å². The van der Waals surface area contributed by atoms with Crippen LogP contribution in [0.1, 0.15) is 37.6 Å². The first-order valence-electron chi connectivity index (χ1n) is 8.38. The van der Waals surface area contributed by atoms with E-state index in [0.717, 1.165) is 6.42 Å². The first kappa shape index (κ1) is 19.0. The summed E-state index contributed by atoms with van der Waals surface area (Å²) in [6.07, 6.45) is 0.834. The smallest absolute Gasteiger partial charge is 0.264 e. The normalized spacial score (nSPS) is 12.4. The Morgan fingerprint density at radius 3 is 2.16 bits per heavy atom. The molecule has 0 bridgehead atoms. The fourth-order valence-electron chi connectivity index (χ4n) is 2.40. The lowest BCUT2D eigenvalue weighted by molar-refractivity contribution is 0.0939. The van der Waals surface area contributed by atoms with Gasteiger partial charge < -0.3 is 5.32 Å². The van der Waals surface area contributed by atoms with Crippen LogP contribution in [0.4, 0.5) is 5.69 Å². The molecule has 2 aromatic rings. The van der Waals surface area contributed by atoms with Crippen LogP contribution in [0.3, 0.4) is 0 Å². The number of carbonyl (C=O) groups excluding carboxylic acids is 1. The molecule has 0 radical (unpaired) electrons. The van der Waals surface area contributed by atoms with Crippen LogP contribution in [0.25, 0.3) is 0 Å². The van der Waals surface area contributed by atoms with Gasteiger partial charge in [0.25, 0.3) is 15.9 Å². The molecule has 134 valence electrons. The molecule has 2 rings (SSSR count). The van der Waals surface area contributed by atoms with Gasteiger partial charge in [-0.3, -0.25) is 9.10 Å². The van der Waals surface area contributed by atoms with Gasteiger partial charge in [0.05, 0.1) is 10.6 Å². The molecule has 0 saturated carbocycles. The van der Waals surface area contributed by atoms with Crippen molar-refractivity contribution in [1.29, 1.82) is 0 Å². The second-order valence-electron chi connectivity index (χ2n) is 5.81. The van der Waals surface area contributed by atoms with Crippen molar-refractivity contribution in [3.8, 4) is 0 Å². The first-order chi connectivity index (χ1) is 11.9. The minimum absolute atomic E-state index is 0.0737. The number of nitrogens with one attached hydrogen (secondary N) is 1. The summed E-state index contributed by atoms with van der Waals surface area (Å²) in [5.74, 6) is -0.200. The highest BCUT2D eigenvalue weighted by Gasteiger charge is 2.23. The average molecular weight is 360 g/mol. The van der Waals surface area contributed by atoms with Crippen LogP contribution in [0.5, 0.6) is 0 Å². The van der Waals surface area contributed by atoms with Gasteiger partial charge in [-0.05, 0) is 56.7 Å². The third-order valence-corrected chi connectivity index (χ3v) is 5.94. The van der Waals surface area contributed by atoms with Gasteiger partial charge in [-0.25, -0.2) is 8.42 Å². The fraction of sp³-hybridized carbons (Fsp3) is 0.316. The largest absolute Gasteiger partial charge is 0.350 e. The number of benzene rings is 2. The molecule has 0 spiro atoms. The molecule has 2 aromatic carbocycles. The van der Waals surface area contributed by atoms with E-state index in [1.54, 1.807) is 43.3 Å². The van der Waals surface area contributed by atoms with Crippen LogP contribution < -0.4 is 9.62 Å². The molecule has 25 heavy (non-hydrogen) atoms. The second-order valence-corrected chi connectivity index (χ2v) is 7.67. The number of sulfonamides is 1.